The first kappa shape index (κ1) is 23.0. The van der Waals surface area contributed by atoms with Crippen LogP contribution in [0.2, 0.25) is 0 Å². The first-order chi connectivity index (χ1) is 12.3. The van der Waals surface area contributed by atoms with Crippen LogP contribution in [0, 0.1) is 0 Å². The Hall–Kier alpha value is -2.03. The maximum absolute atomic E-state index is 11.2. The van der Waals surface area contributed by atoms with Crippen molar-refractivity contribution in [2.45, 2.75) is 86.2 Å². The highest BCUT2D eigenvalue weighted by atomic mass is 16.5. The van der Waals surface area contributed by atoms with E-state index in [0.717, 1.165) is 11.1 Å². The third-order valence-electron chi connectivity index (χ3n) is 4.51. The molecule has 0 unspecified atom stereocenters. The Labute approximate surface area is 165 Å². The maximum Gasteiger partial charge on any atom is 0.308 e. The standard InChI is InChI=1S/C24H36O3/c1-11-22(27-18(4)25)16(2)15-26-17(3)19-12-20(23(5,6)7)14-21(13-19)24(8,9)10/h11-15,17H,1-10H3/b16-15+,22-11-/t17-/m1/s1. The van der Waals surface area contributed by atoms with Crippen LogP contribution in [-0.2, 0) is 25.1 Å². The fourth-order valence-electron chi connectivity index (χ4n) is 2.62. The highest BCUT2D eigenvalue weighted by Crippen LogP contribution is 2.33. The summed E-state index contributed by atoms with van der Waals surface area (Å²) in [6, 6.07) is 6.76. The first-order valence-electron chi connectivity index (χ1n) is 9.59. The van der Waals surface area contributed by atoms with Crippen LogP contribution in [0.25, 0.3) is 0 Å². The average Bonchev–Trinajstić information content (AvgIpc) is 2.54. The third kappa shape index (κ3) is 6.89. The molecule has 0 saturated heterocycles. The van der Waals surface area contributed by atoms with Gasteiger partial charge in [-0.25, -0.2) is 0 Å². The van der Waals surface area contributed by atoms with Crippen molar-refractivity contribution in [1.29, 1.82) is 0 Å². The molecule has 3 nitrogen and oxygen atoms in total. The second-order valence-electron chi connectivity index (χ2n) is 9.17. The molecule has 150 valence electrons. The summed E-state index contributed by atoms with van der Waals surface area (Å²) >= 11 is 0. The van der Waals surface area contributed by atoms with Gasteiger partial charge in [0.05, 0.1) is 6.26 Å². The summed E-state index contributed by atoms with van der Waals surface area (Å²) in [5.74, 6) is 0.185. The lowest BCUT2D eigenvalue weighted by atomic mass is 9.79. The van der Waals surface area contributed by atoms with E-state index in [4.69, 9.17) is 9.47 Å². The Balaban J connectivity index is 3.18. The van der Waals surface area contributed by atoms with Crippen LogP contribution >= 0.6 is 0 Å². The quantitative estimate of drug-likeness (QED) is 0.326. The van der Waals surface area contributed by atoms with Crippen LogP contribution in [0.1, 0.15) is 92.0 Å². The summed E-state index contributed by atoms with van der Waals surface area (Å²) < 4.78 is 11.2. The SMILES string of the molecule is C/C=C(OC(C)=O)/C(C)=C/O[C@H](C)c1cc(C(C)(C)C)cc(C(C)(C)C)c1. The van der Waals surface area contributed by atoms with Crippen LogP contribution in [0.15, 0.2) is 41.9 Å². The number of esters is 1. The molecule has 27 heavy (non-hydrogen) atoms. The van der Waals surface area contributed by atoms with Crippen LogP contribution in [-0.4, -0.2) is 5.97 Å². The number of ether oxygens (including phenoxy) is 2. The Bertz CT molecular complexity index is 693. The second-order valence-corrected chi connectivity index (χ2v) is 9.17. The lowest BCUT2D eigenvalue weighted by Crippen LogP contribution is -2.17. The number of rotatable bonds is 5. The van der Waals surface area contributed by atoms with Gasteiger partial charge in [0.25, 0.3) is 0 Å². The van der Waals surface area contributed by atoms with E-state index in [1.807, 2.05) is 20.8 Å². The molecule has 1 aromatic rings. The van der Waals surface area contributed by atoms with Gasteiger partial charge in [-0.2, -0.15) is 0 Å². The molecule has 0 aliphatic rings. The highest BCUT2D eigenvalue weighted by Gasteiger charge is 2.22. The Morgan fingerprint density at radius 3 is 1.81 bits per heavy atom. The van der Waals surface area contributed by atoms with E-state index in [2.05, 4.69) is 59.7 Å². The lowest BCUT2D eigenvalue weighted by molar-refractivity contribution is -0.136. The fourth-order valence-corrected chi connectivity index (χ4v) is 2.62. The molecule has 0 aliphatic heterocycles. The van der Waals surface area contributed by atoms with Crippen molar-refractivity contribution in [1.82, 2.24) is 0 Å². The zero-order valence-electron chi connectivity index (χ0n) is 18.7. The van der Waals surface area contributed by atoms with Crippen molar-refractivity contribution in [2.75, 3.05) is 0 Å². The highest BCUT2D eigenvalue weighted by molar-refractivity contribution is 5.68. The summed E-state index contributed by atoms with van der Waals surface area (Å²) in [7, 11) is 0. The topological polar surface area (TPSA) is 35.5 Å². The molecule has 0 N–H and O–H groups in total. The molecule has 1 atom stereocenters. The van der Waals surface area contributed by atoms with Gasteiger partial charge in [-0.1, -0.05) is 59.7 Å². The van der Waals surface area contributed by atoms with E-state index in [0.29, 0.717) is 5.76 Å². The summed E-state index contributed by atoms with van der Waals surface area (Å²) in [5, 5.41) is 0. The van der Waals surface area contributed by atoms with Crippen molar-refractivity contribution in [3.63, 3.8) is 0 Å². The third-order valence-corrected chi connectivity index (χ3v) is 4.51. The summed E-state index contributed by atoms with van der Waals surface area (Å²) in [4.78, 5) is 11.2. The van der Waals surface area contributed by atoms with Gasteiger partial charge in [-0.05, 0) is 54.4 Å². The average molecular weight is 373 g/mol. The van der Waals surface area contributed by atoms with Crippen LogP contribution in [0.5, 0.6) is 0 Å². The molecule has 0 aromatic heterocycles. The van der Waals surface area contributed by atoms with E-state index in [9.17, 15) is 4.79 Å². The van der Waals surface area contributed by atoms with Crippen molar-refractivity contribution in [2.24, 2.45) is 0 Å². The van der Waals surface area contributed by atoms with Crippen LogP contribution in [0.3, 0.4) is 0 Å². The smallest absolute Gasteiger partial charge is 0.308 e. The van der Waals surface area contributed by atoms with Crippen molar-refractivity contribution >= 4 is 5.97 Å². The molecular weight excluding hydrogens is 336 g/mol. The molecule has 0 amide bonds. The zero-order valence-corrected chi connectivity index (χ0v) is 18.7. The van der Waals surface area contributed by atoms with E-state index >= 15 is 0 Å². The molecule has 0 aliphatic carbocycles. The van der Waals surface area contributed by atoms with Crippen molar-refractivity contribution in [3.8, 4) is 0 Å². The zero-order chi connectivity index (χ0) is 21.0. The van der Waals surface area contributed by atoms with Crippen LogP contribution in [0.4, 0.5) is 0 Å². The Kier molecular flexibility index (Phi) is 7.48. The fraction of sp³-hybridized carbons (Fsp3) is 0.542. The summed E-state index contributed by atoms with van der Waals surface area (Å²) in [6.45, 7) is 20.5. The number of hydrogen-bond acceptors (Lipinski definition) is 3. The Morgan fingerprint density at radius 2 is 1.44 bits per heavy atom. The molecule has 0 fully saturated rings. The minimum Gasteiger partial charge on any atom is -0.493 e. The van der Waals surface area contributed by atoms with E-state index in [1.54, 1.807) is 12.3 Å². The Morgan fingerprint density at radius 1 is 0.963 bits per heavy atom. The van der Waals surface area contributed by atoms with Gasteiger partial charge in [0, 0.05) is 12.5 Å². The van der Waals surface area contributed by atoms with Crippen LogP contribution < -0.4 is 0 Å². The molecule has 3 heteroatoms. The van der Waals surface area contributed by atoms with E-state index < -0.39 is 0 Å². The minimum atomic E-state index is -0.336. The van der Waals surface area contributed by atoms with Gasteiger partial charge in [0.15, 0.2) is 0 Å². The van der Waals surface area contributed by atoms with Gasteiger partial charge in [0.1, 0.15) is 11.9 Å². The van der Waals surface area contributed by atoms with E-state index in [1.165, 1.54) is 18.1 Å². The number of carbonyl (C=O) groups excluding carboxylic acids is 1. The minimum absolute atomic E-state index is 0.0644. The van der Waals surface area contributed by atoms with Gasteiger partial charge in [-0.3, -0.25) is 4.79 Å². The summed E-state index contributed by atoms with van der Waals surface area (Å²) in [5.41, 5.74) is 4.66. The first-order valence-corrected chi connectivity index (χ1v) is 9.59. The molecule has 0 radical (unpaired) electrons. The molecule has 0 spiro atoms. The molecule has 0 heterocycles. The predicted molar refractivity (Wildman–Crippen MR) is 113 cm³/mol. The molecule has 1 aromatic carbocycles. The number of allylic oxidation sites excluding steroid dienone is 2. The lowest BCUT2D eigenvalue weighted by Gasteiger charge is -2.27. The second kappa shape index (κ2) is 8.77. The van der Waals surface area contributed by atoms with Gasteiger partial charge in [0.2, 0.25) is 0 Å². The molecule has 1 rings (SSSR count). The largest absolute Gasteiger partial charge is 0.493 e. The van der Waals surface area contributed by atoms with Gasteiger partial charge >= 0.3 is 5.97 Å². The molecule has 0 saturated carbocycles. The monoisotopic (exact) mass is 372 g/mol. The van der Waals surface area contributed by atoms with Gasteiger partial charge < -0.3 is 9.47 Å². The normalized spacial score (nSPS) is 14.7. The van der Waals surface area contributed by atoms with Gasteiger partial charge in [-0.15, -0.1) is 0 Å². The maximum atomic E-state index is 11.2. The number of benzene rings is 1. The number of hydrogen-bond donors (Lipinski definition) is 0. The molecular formula is C24H36O3. The van der Waals surface area contributed by atoms with Crippen molar-refractivity contribution in [3.05, 3.63) is 58.6 Å². The predicted octanol–water partition coefficient (Wildman–Crippen LogP) is 6.73. The summed E-state index contributed by atoms with van der Waals surface area (Å²) in [6.07, 6.45) is 3.32. The molecule has 0 bridgehead atoms. The van der Waals surface area contributed by atoms with E-state index in [-0.39, 0.29) is 22.9 Å². The number of carbonyl (C=O) groups is 1. The van der Waals surface area contributed by atoms with Crippen molar-refractivity contribution < 1.29 is 14.3 Å².